The second kappa shape index (κ2) is 12.2. The molecule has 226 valence electrons. The van der Waals surface area contributed by atoms with Gasteiger partial charge in [0.05, 0.1) is 37.3 Å². The highest BCUT2D eigenvalue weighted by Gasteiger charge is 2.55. The number of amides is 1. The highest BCUT2D eigenvalue weighted by molar-refractivity contribution is 5.92. The van der Waals surface area contributed by atoms with E-state index < -0.39 is 6.35 Å². The first kappa shape index (κ1) is 29.5. The van der Waals surface area contributed by atoms with Crippen LogP contribution in [0.15, 0.2) is 30.9 Å². The lowest BCUT2D eigenvalue weighted by atomic mass is 9.58. The Labute approximate surface area is 250 Å². The van der Waals surface area contributed by atoms with Crippen molar-refractivity contribution in [2.45, 2.75) is 88.9 Å². The van der Waals surface area contributed by atoms with Crippen molar-refractivity contribution in [3.8, 4) is 6.07 Å². The quantitative estimate of drug-likeness (QED) is 0.500. The van der Waals surface area contributed by atoms with Crippen LogP contribution in [-0.4, -0.2) is 96.9 Å². The van der Waals surface area contributed by atoms with Crippen LogP contribution in [0.3, 0.4) is 0 Å². The molecular formula is C33H46N6O3. The van der Waals surface area contributed by atoms with E-state index in [0.29, 0.717) is 38.1 Å². The molecule has 9 nitrogen and oxygen atoms in total. The van der Waals surface area contributed by atoms with Crippen LogP contribution in [0.4, 0.5) is 0 Å². The monoisotopic (exact) mass is 574 g/mol. The number of ketones is 1. The van der Waals surface area contributed by atoms with Crippen molar-refractivity contribution in [1.82, 2.24) is 25.3 Å². The standard InChI is InChI=1S/C33H46N6O3/c1-4-28(40)39-18-17-38(20-24(39)12-15-34)31-26-11-14-33(13-10-23-8-5-7-22(2)27(23)19-33)30(41)29(26)35-32(36-31)42-21-25-9-6-16-37(25)3/h4-5,7-8,24-26,29,31-32,35-36H,1,6,9-14,16-21H2,2-3H3/t24?,25?,26?,29?,31?,32?,33-/m1/s1. The Morgan fingerprint density at radius 3 is 2.83 bits per heavy atom. The van der Waals surface area contributed by atoms with Gasteiger partial charge in [-0.15, -0.1) is 0 Å². The highest BCUT2D eigenvalue weighted by atomic mass is 16.5. The summed E-state index contributed by atoms with van der Waals surface area (Å²) >= 11 is 0. The Balaban J connectivity index is 1.25. The van der Waals surface area contributed by atoms with Crippen molar-refractivity contribution in [2.75, 3.05) is 39.8 Å². The fraction of sp³-hybridized carbons (Fsp3) is 0.667. The van der Waals surface area contributed by atoms with Crippen LogP contribution in [-0.2, 0) is 27.2 Å². The van der Waals surface area contributed by atoms with Crippen molar-refractivity contribution in [1.29, 1.82) is 5.26 Å². The van der Waals surface area contributed by atoms with Crippen LogP contribution in [0.1, 0.15) is 55.2 Å². The van der Waals surface area contributed by atoms with Crippen LogP contribution in [0.25, 0.3) is 0 Å². The fourth-order valence-corrected chi connectivity index (χ4v) is 8.45. The molecular weight excluding hydrogens is 528 g/mol. The van der Waals surface area contributed by atoms with Crippen LogP contribution in [0.5, 0.6) is 0 Å². The van der Waals surface area contributed by atoms with Crippen molar-refractivity contribution in [3.63, 3.8) is 0 Å². The molecule has 2 aliphatic carbocycles. The first-order valence-corrected chi connectivity index (χ1v) is 15.8. The number of rotatable bonds is 6. The zero-order valence-electron chi connectivity index (χ0n) is 25.2. The van der Waals surface area contributed by atoms with E-state index in [1.807, 2.05) is 0 Å². The largest absolute Gasteiger partial charge is 0.348 e. The molecule has 6 unspecified atom stereocenters. The van der Waals surface area contributed by atoms with Gasteiger partial charge in [0, 0.05) is 37.0 Å². The highest BCUT2D eigenvalue weighted by Crippen LogP contribution is 2.48. The topological polar surface area (TPSA) is 101 Å². The van der Waals surface area contributed by atoms with Gasteiger partial charge in [-0.25, -0.2) is 0 Å². The zero-order valence-corrected chi connectivity index (χ0v) is 25.2. The van der Waals surface area contributed by atoms with Gasteiger partial charge in [0.2, 0.25) is 5.91 Å². The summed E-state index contributed by atoms with van der Waals surface area (Å²) in [5.41, 5.74) is 3.70. The lowest BCUT2D eigenvalue weighted by molar-refractivity contribution is -0.154. The number of ether oxygens (including phenoxy) is 1. The lowest BCUT2D eigenvalue weighted by Gasteiger charge is -2.55. The minimum absolute atomic E-state index is 0.0800. The number of nitriles is 1. The summed E-state index contributed by atoms with van der Waals surface area (Å²) in [6.07, 6.45) is 7.88. The molecule has 3 saturated heterocycles. The fourth-order valence-electron chi connectivity index (χ4n) is 8.45. The molecule has 1 aromatic carbocycles. The number of benzene rings is 1. The van der Waals surface area contributed by atoms with E-state index in [1.54, 1.807) is 4.90 Å². The number of carbonyl (C=O) groups excluding carboxylic acids is 2. The molecule has 2 N–H and O–H groups in total. The Kier molecular flexibility index (Phi) is 8.54. The van der Waals surface area contributed by atoms with E-state index in [-0.39, 0.29) is 41.9 Å². The lowest BCUT2D eigenvalue weighted by Crippen LogP contribution is -2.74. The predicted octanol–water partition coefficient (Wildman–Crippen LogP) is 2.34. The summed E-state index contributed by atoms with van der Waals surface area (Å²) in [6, 6.07) is 8.68. The molecule has 9 heteroatoms. The SMILES string of the molecule is C=CC(=O)N1CCN(C2NC(OCC3CCCN3C)NC3C(=O)[C@]4(CCc5cccc(C)c5C4)CCC32)CC1CC#N. The van der Waals surface area contributed by atoms with Gasteiger partial charge in [-0.3, -0.25) is 25.1 Å². The molecule has 5 aliphatic rings. The molecule has 1 aromatic rings. The number of piperazine rings is 1. The van der Waals surface area contributed by atoms with Gasteiger partial charge in [0.15, 0.2) is 12.1 Å². The molecule has 4 fully saturated rings. The van der Waals surface area contributed by atoms with Crippen molar-refractivity contribution in [2.24, 2.45) is 11.3 Å². The average Bonchev–Trinajstić information content (AvgIpc) is 3.42. The molecule has 1 saturated carbocycles. The molecule has 0 aromatic heterocycles. The van der Waals surface area contributed by atoms with E-state index in [4.69, 9.17) is 4.74 Å². The summed E-state index contributed by atoms with van der Waals surface area (Å²) in [6.45, 7) is 9.32. The van der Waals surface area contributed by atoms with E-state index in [1.165, 1.54) is 29.2 Å². The minimum Gasteiger partial charge on any atom is -0.348 e. The first-order valence-electron chi connectivity index (χ1n) is 15.8. The van der Waals surface area contributed by atoms with Crippen molar-refractivity contribution < 1.29 is 14.3 Å². The van der Waals surface area contributed by atoms with Crippen molar-refractivity contribution in [3.05, 3.63) is 47.5 Å². The molecule has 0 radical (unpaired) electrons. The van der Waals surface area contributed by atoms with Crippen LogP contribution in [0.2, 0.25) is 0 Å². The third-order valence-corrected chi connectivity index (χ3v) is 11.0. The normalized spacial score (nSPS) is 35.5. The molecule has 1 spiro atoms. The van der Waals surface area contributed by atoms with E-state index in [0.717, 1.165) is 45.1 Å². The summed E-state index contributed by atoms with van der Waals surface area (Å²) in [5, 5.41) is 16.9. The number of carbonyl (C=O) groups is 2. The predicted molar refractivity (Wildman–Crippen MR) is 160 cm³/mol. The summed E-state index contributed by atoms with van der Waals surface area (Å²) < 4.78 is 6.48. The smallest absolute Gasteiger partial charge is 0.246 e. The second-order valence-corrected chi connectivity index (χ2v) is 13.2. The second-order valence-electron chi connectivity index (χ2n) is 13.2. The number of Topliss-reactive ketones (excluding diaryl/α,β-unsaturated/α-hetero) is 1. The molecule has 0 bridgehead atoms. The summed E-state index contributed by atoms with van der Waals surface area (Å²) in [4.78, 5) is 33.7. The average molecular weight is 575 g/mol. The zero-order chi connectivity index (χ0) is 29.4. The first-order chi connectivity index (χ1) is 20.3. The number of nitrogens with zero attached hydrogens (tertiary/aromatic N) is 4. The van der Waals surface area contributed by atoms with Gasteiger partial charge in [0.1, 0.15) is 0 Å². The van der Waals surface area contributed by atoms with Gasteiger partial charge in [-0.1, -0.05) is 24.8 Å². The van der Waals surface area contributed by atoms with Gasteiger partial charge in [0.25, 0.3) is 0 Å². The Hall–Kier alpha value is -2.61. The molecule has 7 atom stereocenters. The van der Waals surface area contributed by atoms with Crippen LogP contribution < -0.4 is 10.6 Å². The molecule has 42 heavy (non-hydrogen) atoms. The maximum atomic E-state index is 14.6. The Morgan fingerprint density at radius 2 is 2.07 bits per heavy atom. The summed E-state index contributed by atoms with van der Waals surface area (Å²) in [5.74, 6) is 0.287. The van der Waals surface area contributed by atoms with E-state index in [2.05, 4.69) is 65.3 Å². The van der Waals surface area contributed by atoms with Crippen LogP contribution in [0, 0.1) is 29.6 Å². The van der Waals surface area contributed by atoms with Gasteiger partial charge >= 0.3 is 0 Å². The number of nitrogens with one attached hydrogen (secondary N) is 2. The number of fused-ring (bicyclic) bond motifs is 2. The van der Waals surface area contributed by atoms with Crippen molar-refractivity contribution >= 4 is 11.7 Å². The third kappa shape index (κ3) is 5.44. The molecule has 6 rings (SSSR count). The maximum Gasteiger partial charge on any atom is 0.246 e. The molecule has 3 heterocycles. The molecule has 1 amide bonds. The Morgan fingerprint density at radius 1 is 1.21 bits per heavy atom. The number of likely N-dealkylation sites (tertiary alicyclic amines) is 1. The van der Waals surface area contributed by atoms with E-state index in [9.17, 15) is 14.9 Å². The van der Waals surface area contributed by atoms with Crippen LogP contribution >= 0.6 is 0 Å². The number of aryl methyl sites for hydroxylation is 2. The van der Waals surface area contributed by atoms with Gasteiger partial charge in [-0.05, 0) is 88.2 Å². The van der Waals surface area contributed by atoms with Gasteiger partial charge < -0.3 is 14.5 Å². The number of hydrogen-bond acceptors (Lipinski definition) is 8. The van der Waals surface area contributed by atoms with Gasteiger partial charge in [-0.2, -0.15) is 5.26 Å². The molecule has 3 aliphatic heterocycles. The number of hydrogen-bond donors (Lipinski definition) is 2. The maximum absolute atomic E-state index is 14.6. The minimum atomic E-state index is -0.441. The third-order valence-electron chi connectivity index (χ3n) is 11.0. The van der Waals surface area contributed by atoms with E-state index >= 15 is 0 Å². The summed E-state index contributed by atoms with van der Waals surface area (Å²) in [7, 11) is 2.15. The Bertz CT molecular complexity index is 1250. The number of likely N-dealkylation sites (N-methyl/N-ethyl adjacent to an activating group) is 1.